The highest BCUT2D eigenvalue weighted by atomic mass is 16.3. The number of aromatic nitrogens is 2. The van der Waals surface area contributed by atoms with Crippen LogP contribution in [0.5, 0.6) is 5.88 Å². The molecule has 6 heteroatoms. The van der Waals surface area contributed by atoms with Gasteiger partial charge >= 0.3 is 0 Å². The van der Waals surface area contributed by atoms with Crippen LogP contribution in [0.15, 0.2) is 58.8 Å². The summed E-state index contributed by atoms with van der Waals surface area (Å²) in [5.74, 6) is -0.518. The molecule has 0 saturated carbocycles. The van der Waals surface area contributed by atoms with E-state index in [1.54, 1.807) is 24.6 Å². The summed E-state index contributed by atoms with van der Waals surface area (Å²) in [7, 11) is 1.74. The molecule has 0 fully saturated rings. The number of nitrogens with zero attached hydrogens (tertiary/aromatic N) is 4. The van der Waals surface area contributed by atoms with Crippen molar-refractivity contribution in [3.8, 4) is 5.88 Å². The van der Waals surface area contributed by atoms with Gasteiger partial charge in [-0.05, 0) is 38.1 Å². The van der Waals surface area contributed by atoms with E-state index in [-0.39, 0.29) is 11.6 Å². The van der Waals surface area contributed by atoms with Gasteiger partial charge in [0, 0.05) is 17.8 Å². The minimum Gasteiger partial charge on any atom is -0.493 e. The molecule has 0 saturated heterocycles. The van der Waals surface area contributed by atoms with E-state index in [2.05, 4.69) is 15.2 Å². The van der Waals surface area contributed by atoms with Crippen molar-refractivity contribution in [2.45, 2.75) is 13.8 Å². The smallest absolute Gasteiger partial charge is 0.297 e. The molecule has 0 aliphatic heterocycles. The average Bonchev–Trinajstić information content (AvgIpc) is 2.89. The fourth-order valence-corrected chi connectivity index (χ4v) is 3.20. The van der Waals surface area contributed by atoms with Crippen LogP contribution < -0.4 is 0 Å². The van der Waals surface area contributed by atoms with E-state index in [4.69, 9.17) is 0 Å². The minimum atomic E-state index is -0.491. The first kappa shape index (κ1) is 16.9. The maximum atomic E-state index is 12.6. The van der Waals surface area contributed by atoms with Crippen LogP contribution in [-0.4, -0.2) is 20.6 Å². The molecule has 0 radical (unpaired) electrons. The van der Waals surface area contributed by atoms with Gasteiger partial charge < -0.3 is 9.67 Å². The van der Waals surface area contributed by atoms with Crippen LogP contribution in [-0.2, 0) is 7.05 Å². The van der Waals surface area contributed by atoms with E-state index in [0.717, 1.165) is 27.4 Å². The van der Waals surface area contributed by atoms with Gasteiger partial charge in [0.25, 0.3) is 5.91 Å². The quantitative estimate of drug-likeness (QED) is 0.514. The molecular weight excluding hydrogens is 340 g/mol. The number of carbonyl (C=O) groups excluding carboxylic acids is 1. The SMILES string of the molecule is Cc1ccc2c(c1)c(N=NC(=O)c1cc3ccccc3nc1C)c(O)n2C. The predicted octanol–water partition coefficient (Wildman–Crippen LogP) is 4.97. The van der Waals surface area contributed by atoms with Crippen molar-refractivity contribution < 1.29 is 9.90 Å². The molecule has 0 atom stereocenters. The lowest BCUT2D eigenvalue weighted by Crippen LogP contribution is -2.00. The highest BCUT2D eigenvalue weighted by Gasteiger charge is 2.16. The molecular formula is C21H18N4O2. The van der Waals surface area contributed by atoms with Crippen molar-refractivity contribution in [3.05, 3.63) is 65.4 Å². The second-order valence-corrected chi connectivity index (χ2v) is 6.57. The maximum Gasteiger partial charge on any atom is 0.297 e. The lowest BCUT2D eigenvalue weighted by molar-refractivity contribution is 0.0994. The van der Waals surface area contributed by atoms with Gasteiger partial charge in [0.15, 0.2) is 5.69 Å². The third-order valence-electron chi connectivity index (χ3n) is 4.68. The molecule has 4 rings (SSSR count). The van der Waals surface area contributed by atoms with Crippen molar-refractivity contribution >= 4 is 33.4 Å². The lowest BCUT2D eigenvalue weighted by atomic mass is 10.1. The van der Waals surface area contributed by atoms with Gasteiger partial charge in [-0.2, -0.15) is 0 Å². The zero-order valence-electron chi connectivity index (χ0n) is 15.3. The largest absolute Gasteiger partial charge is 0.493 e. The number of amides is 1. The number of azo groups is 1. The summed E-state index contributed by atoms with van der Waals surface area (Å²) < 4.78 is 1.62. The standard InChI is InChI=1S/C21H18N4O2/c1-12-8-9-18-16(10-12)19(21(27)25(18)3)23-24-20(26)15-11-14-6-4-5-7-17(14)22-13(15)2/h4-11,27H,1-3H3. The van der Waals surface area contributed by atoms with Gasteiger partial charge in [-0.3, -0.25) is 9.78 Å². The summed E-state index contributed by atoms with van der Waals surface area (Å²) in [5.41, 5.74) is 3.96. The number of benzene rings is 2. The molecule has 0 bridgehead atoms. The highest BCUT2D eigenvalue weighted by molar-refractivity contribution is 6.00. The van der Waals surface area contributed by atoms with E-state index < -0.39 is 5.91 Å². The Hall–Kier alpha value is -3.54. The third-order valence-corrected chi connectivity index (χ3v) is 4.68. The Labute approximate surface area is 155 Å². The molecule has 6 nitrogen and oxygen atoms in total. The normalized spacial score (nSPS) is 11.7. The zero-order chi connectivity index (χ0) is 19.1. The molecule has 2 aromatic heterocycles. The van der Waals surface area contributed by atoms with E-state index in [0.29, 0.717) is 11.3 Å². The van der Waals surface area contributed by atoms with E-state index >= 15 is 0 Å². The average molecular weight is 358 g/mol. The number of fused-ring (bicyclic) bond motifs is 2. The number of hydrogen-bond acceptors (Lipinski definition) is 4. The lowest BCUT2D eigenvalue weighted by Gasteiger charge is -2.03. The molecule has 0 aliphatic rings. The second kappa shape index (κ2) is 6.32. The number of para-hydroxylation sites is 1. The van der Waals surface area contributed by atoms with Crippen LogP contribution in [0.25, 0.3) is 21.8 Å². The van der Waals surface area contributed by atoms with Crippen LogP contribution in [0.4, 0.5) is 5.69 Å². The maximum absolute atomic E-state index is 12.6. The molecule has 134 valence electrons. The van der Waals surface area contributed by atoms with Gasteiger partial charge in [0.1, 0.15) is 0 Å². The van der Waals surface area contributed by atoms with Crippen LogP contribution in [0.3, 0.4) is 0 Å². The Morgan fingerprint density at radius 1 is 1.11 bits per heavy atom. The summed E-state index contributed by atoms with van der Waals surface area (Å²) in [6.45, 7) is 3.73. The molecule has 0 spiro atoms. The van der Waals surface area contributed by atoms with Gasteiger partial charge in [-0.1, -0.05) is 29.8 Å². The summed E-state index contributed by atoms with van der Waals surface area (Å²) in [6, 6.07) is 15.1. The summed E-state index contributed by atoms with van der Waals surface area (Å²) in [5, 5.41) is 19.9. The van der Waals surface area contributed by atoms with Crippen LogP contribution in [0.1, 0.15) is 21.6 Å². The molecule has 4 aromatic rings. The number of aryl methyl sites for hydroxylation is 3. The number of pyridine rings is 1. The summed E-state index contributed by atoms with van der Waals surface area (Å²) in [6.07, 6.45) is 0. The Morgan fingerprint density at radius 3 is 2.70 bits per heavy atom. The minimum absolute atomic E-state index is 0.0273. The Bertz CT molecular complexity index is 1240. The zero-order valence-corrected chi connectivity index (χ0v) is 15.3. The van der Waals surface area contributed by atoms with Crippen molar-refractivity contribution in [1.82, 2.24) is 9.55 Å². The first-order chi connectivity index (χ1) is 13.0. The van der Waals surface area contributed by atoms with Crippen LogP contribution in [0, 0.1) is 13.8 Å². The highest BCUT2D eigenvalue weighted by Crippen LogP contribution is 2.38. The van der Waals surface area contributed by atoms with Gasteiger partial charge in [-0.25, -0.2) is 0 Å². The topological polar surface area (TPSA) is 79.8 Å². The first-order valence-electron chi connectivity index (χ1n) is 8.56. The van der Waals surface area contributed by atoms with Gasteiger partial charge in [0.05, 0.1) is 22.3 Å². The third kappa shape index (κ3) is 2.85. The fraction of sp³-hybridized carbons (Fsp3) is 0.143. The molecule has 0 aliphatic carbocycles. The molecule has 1 N–H and O–H groups in total. The molecule has 0 unspecified atom stereocenters. The number of aromatic hydroxyl groups is 1. The van der Waals surface area contributed by atoms with E-state index in [1.165, 1.54) is 0 Å². The molecule has 2 heterocycles. The van der Waals surface area contributed by atoms with Crippen molar-refractivity contribution in [2.75, 3.05) is 0 Å². The number of rotatable bonds is 2. The van der Waals surface area contributed by atoms with Gasteiger partial charge in [0.2, 0.25) is 5.88 Å². The van der Waals surface area contributed by atoms with Crippen molar-refractivity contribution in [1.29, 1.82) is 0 Å². The van der Waals surface area contributed by atoms with Crippen molar-refractivity contribution in [2.24, 2.45) is 17.3 Å². The van der Waals surface area contributed by atoms with Gasteiger partial charge in [-0.15, -0.1) is 10.2 Å². The monoisotopic (exact) mass is 358 g/mol. The number of hydrogen-bond donors (Lipinski definition) is 1. The van der Waals surface area contributed by atoms with Crippen LogP contribution in [0.2, 0.25) is 0 Å². The summed E-state index contributed by atoms with van der Waals surface area (Å²) in [4.78, 5) is 17.1. The Morgan fingerprint density at radius 2 is 1.89 bits per heavy atom. The second-order valence-electron chi connectivity index (χ2n) is 6.57. The van der Waals surface area contributed by atoms with Crippen molar-refractivity contribution in [3.63, 3.8) is 0 Å². The van der Waals surface area contributed by atoms with E-state index in [1.807, 2.05) is 49.4 Å². The Kier molecular flexibility index (Phi) is 3.96. The first-order valence-corrected chi connectivity index (χ1v) is 8.56. The van der Waals surface area contributed by atoms with E-state index in [9.17, 15) is 9.90 Å². The number of carbonyl (C=O) groups is 1. The predicted molar refractivity (Wildman–Crippen MR) is 105 cm³/mol. The Balaban J connectivity index is 1.77. The molecule has 27 heavy (non-hydrogen) atoms. The molecule has 1 amide bonds. The van der Waals surface area contributed by atoms with Crippen LogP contribution >= 0.6 is 0 Å². The fourth-order valence-electron chi connectivity index (χ4n) is 3.20. The molecule has 2 aromatic carbocycles. The summed E-state index contributed by atoms with van der Waals surface area (Å²) >= 11 is 0.